The molecule has 2 aromatic rings. The molecule has 4 aliphatic rings. The Kier molecular flexibility index (Phi) is 7.80. The van der Waals surface area contributed by atoms with Gasteiger partial charge in [-0.3, -0.25) is 14.3 Å². The highest BCUT2D eigenvalue weighted by Gasteiger charge is 2.55. The average molecular weight is 630 g/mol. The highest BCUT2D eigenvalue weighted by molar-refractivity contribution is 7.89. The number of carbonyl (C=O) groups is 2. The lowest BCUT2D eigenvalue weighted by Crippen LogP contribution is -2.49. The molecule has 1 spiro atoms. The first-order chi connectivity index (χ1) is 20.7. The third-order valence-electron chi connectivity index (χ3n) is 9.97. The summed E-state index contributed by atoms with van der Waals surface area (Å²) < 4.78 is 62.9. The summed E-state index contributed by atoms with van der Waals surface area (Å²) in [5, 5.41) is 6.17. The van der Waals surface area contributed by atoms with E-state index in [2.05, 4.69) is 15.4 Å². The fourth-order valence-corrected chi connectivity index (χ4v) is 7.59. The van der Waals surface area contributed by atoms with Gasteiger partial charge in [-0.1, -0.05) is 18.2 Å². The summed E-state index contributed by atoms with van der Waals surface area (Å²) in [7, 11) is -3.77. The van der Waals surface area contributed by atoms with Crippen LogP contribution in [0.2, 0.25) is 0 Å². The van der Waals surface area contributed by atoms with Gasteiger partial charge >= 0.3 is 0 Å². The summed E-state index contributed by atoms with van der Waals surface area (Å²) in [6.45, 7) is 3.31. The Morgan fingerprint density at radius 3 is 2.45 bits per heavy atom. The number of rotatable bonds is 9. The number of alkyl halides is 1. The van der Waals surface area contributed by atoms with Crippen molar-refractivity contribution in [2.45, 2.75) is 106 Å². The molecule has 3 atom stereocenters. The molecule has 0 bridgehead atoms. The Morgan fingerprint density at radius 2 is 1.82 bits per heavy atom. The van der Waals surface area contributed by atoms with Crippen LogP contribution in [-0.2, 0) is 25.0 Å². The van der Waals surface area contributed by atoms with Crippen molar-refractivity contribution in [2.75, 3.05) is 12.8 Å². The number of nitrogens with one attached hydrogen (secondary N) is 3. The molecule has 238 valence electrons. The van der Waals surface area contributed by atoms with E-state index in [0.717, 1.165) is 38.4 Å². The molecule has 1 heterocycles. The number of halogens is 2. The first-order valence-electron chi connectivity index (χ1n) is 15.6. The normalized spacial score (nSPS) is 26.3. The second kappa shape index (κ2) is 11.1. The smallest absolute Gasteiger partial charge is 0.259 e. The minimum Gasteiger partial charge on any atom is -0.490 e. The van der Waals surface area contributed by atoms with Crippen LogP contribution in [0.3, 0.4) is 0 Å². The zero-order valence-electron chi connectivity index (χ0n) is 25.5. The highest BCUT2D eigenvalue weighted by atomic mass is 32.2. The predicted octanol–water partition coefficient (Wildman–Crippen LogP) is 4.76. The topological polar surface area (TPSA) is 114 Å². The molecule has 1 aliphatic heterocycles. The molecule has 2 amide bonds. The molecule has 0 unspecified atom stereocenters. The fourth-order valence-electron chi connectivity index (χ4n) is 7.00. The van der Waals surface area contributed by atoms with Crippen LogP contribution in [0.1, 0.15) is 88.7 Å². The molecule has 8 nitrogen and oxygen atoms in total. The van der Waals surface area contributed by atoms with Gasteiger partial charge in [0.05, 0.1) is 11.7 Å². The Balaban J connectivity index is 1.24. The van der Waals surface area contributed by atoms with E-state index >= 15 is 8.78 Å². The van der Waals surface area contributed by atoms with Gasteiger partial charge in [0.2, 0.25) is 21.6 Å². The zero-order chi connectivity index (χ0) is 31.5. The molecule has 44 heavy (non-hydrogen) atoms. The lowest BCUT2D eigenvalue weighted by Gasteiger charge is -2.38. The molecule has 0 radical (unpaired) electrons. The standard InChI is InChI=1S/C33H41F2N3O5S/c1-31(2,29(39)38-44(3,41)42)21-10-13-27(25(16-21)24-6-4-7-26(34)28(24)20-8-9-20)43-23-12-11-22(17-23)37-30(40)33(35)18-32(36-19-33)14-5-15-32/h4,6-7,10,13,16,20,22-23,36H,5,8-9,11-12,14-15,17-19H2,1-3H3,(H,37,40)(H,38,39)/t22-,23-,33+/m1/s1. The van der Waals surface area contributed by atoms with Gasteiger partial charge < -0.3 is 15.4 Å². The molecule has 3 N–H and O–H groups in total. The average Bonchev–Trinajstić information content (AvgIpc) is 3.55. The number of sulfonamides is 1. The van der Waals surface area contributed by atoms with Crippen LogP contribution in [0.15, 0.2) is 36.4 Å². The number of ether oxygens (including phenoxy) is 1. The van der Waals surface area contributed by atoms with Gasteiger partial charge in [0.1, 0.15) is 17.7 Å². The second-order valence-corrected chi connectivity index (χ2v) is 15.6. The van der Waals surface area contributed by atoms with Crippen molar-refractivity contribution in [1.82, 2.24) is 15.4 Å². The Morgan fingerprint density at radius 1 is 1.07 bits per heavy atom. The zero-order valence-corrected chi connectivity index (χ0v) is 26.3. The lowest BCUT2D eigenvalue weighted by atomic mass is 9.74. The minimum atomic E-state index is -3.77. The van der Waals surface area contributed by atoms with Crippen molar-refractivity contribution < 1.29 is 31.5 Å². The maximum absolute atomic E-state index is 15.6. The van der Waals surface area contributed by atoms with Crippen molar-refractivity contribution in [2.24, 2.45) is 0 Å². The van der Waals surface area contributed by atoms with E-state index in [0.29, 0.717) is 47.3 Å². The summed E-state index contributed by atoms with van der Waals surface area (Å²) in [6.07, 6.45) is 7.28. The number of amides is 2. The van der Waals surface area contributed by atoms with Crippen molar-refractivity contribution in [3.05, 3.63) is 53.3 Å². The molecular formula is C33H41F2N3O5S. The van der Waals surface area contributed by atoms with Gasteiger partial charge in [-0.2, -0.15) is 0 Å². The molecule has 4 fully saturated rings. The van der Waals surface area contributed by atoms with Crippen molar-refractivity contribution in [3.63, 3.8) is 0 Å². The molecule has 3 saturated carbocycles. The highest BCUT2D eigenvalue weighted by Crippen LogP contribution is 2.48. The van der Waals surface area contributed by atoms with E-state index in [9.17, 15) is 18.0 Å². The molecule has 1 saturated heterocycles. The van der Waals surface area contributed by atoms with Crippen LogP contribution < -0.4 is 20.1 Å². The van der Waals surface area contributed by atoms with Gasteiger partial charge in [-0.25, -0.2) is 17.2 Å². The van der Waals surface area contributed by atoms with Crippen LogP contribution in [0.5, 0.6) is 5.75 Å². The van der Waals surface area contributed by atoms with Gasteiger partial charge in [-0.05, 0) is 99.6 Å². The summed E-state index contributed by atoms with van der Waals surface area (Å²) in [6, 6.07) is 9.95. The van der Waals surface area contributed by atoms with Gasteiger partial charge in [0, 0.05) is 36.5 Å². The van der Waals surface area contributed by atoms with E-state index in [-0.39, 0.29) is 42.4 Å². The fraction of sp³-hybridized carbons (Fsp3) is 0.576. The third-order valence-corrected chi connectivity index (χ3v) is 10.5. The van der Waals surface area contributed by atoms with Gasteiger partial charge in [0.25, 0.3) is 5.91 Å². The third kappa shape index (κ3) is 6.09. The van der Waals surface area contributed by atoms with Crippen LogP contribution in [0.4, 0.5) is 8.78 Å². The summed E-state index contributed by atoms with van der Waals surface area (Å²) in [5.41, 5.74) is -0.923. The maximum atomic E-state index is 15.6. The monoisotopic (exact) mass is 629 g/mol. The minimum absolute atomic E-state index is 0.0384. The number of hydrogen-bond donors (Lipinski definition) is 3. The van der Waals surface area contributed by atoms with Gasteiger partial charge in [0.15, 0.2) is 0 Å². The molecular weight excluding hydrogens is 588 g/mol. The number of carbonyl (C=O) groups excluding carboxylic acids is 2. The molecule has 11 heteroatoms. The lowest BCUT2D eigenvalue weighted by molar-refractivity contribution is -0.133. The molecule has 6 rings (SSSR count). The molecule has 0 aromatic heterocycles. The first kappa shape index (κ1) is 31.0. The van der Waals surface area contributed by atoms with Crippen molar-refractivity contribution in [3.8, 4) is 16.9 Å². The molecule has 3 aliphatic carbocycles. The summed E-state index contributed by atoms with van der Waals surface area (Å²) in [5.74, 6) is -0.946. The number of benzene rings is 2. The van der Waals surface area contributed by atoms with Gasteiger partial charge in [-0.15, -0.1) is 0 Å². The summed E-state index contributed by atoms with van der Waals surface area (Å²) >= 11 is 0. The Labute approximate surface area is 257 Å². The SMILES string of the molecule is CC(C)(C(=O)NS(C)(=O)=O)c1ccc(O[C@@H]2CC[C@@H](NC(=O)[C@@]3(F)CNC4(CCC4)C3)C2)c(-c2cccc(F)c2C2CC2)c1. The Bertz CT molecular complexity index is 1590. The first-order valence-corrected chi connectivity index (χ1v) is 17.4. The van der Waals surface area contributed by atoms with Crippen LogP contribution >= 0.6 is 0 Å². The number of hydrogen-bond acceptors (Lipinski definition) is 6. The van der Waals surface area contributed by atoms with E-state index in [1.807, 2.05) is 6.07 Å². The summed E-state index contributed by atoms with van der Waals surface area (Å²) in [4.78, 5) is 26.0. The van der Waals surface area contributed by atoms with Crippen molar-refractivity contribution in [1.29, 1.82) is 0 Å². The van der Waals surface area contributed by atoms with E-state index in [1.54, 1.807) is 38.1 Å². The van der Waals surface area contributed by atoms with E-state index in [1.165, 1.54) is 6.07 Å². The predicted molar refractivity (Wildman–Crippen MR) is 163 cm³/mol. The molecule has 2 aromatic carbocycles. The maximum Gasteiger partial charge on any atom is 0.259 e. The van der Waals surface area contributed by atoms with E-state index < -0.39 is 32.9 Å². The Hall–Kier alpha value is -3.05. The largest absolute Gasteiger partial charge is 0.490 e. The second-order valence-electron chi connectivity index (χ2n) is 13.9. The van der Waals surface area contributed by atoms with Crippen LogP contribution in [-0.4, -0.2) is 56.4 Å². The quantitative estimate of drug-likeness (QED) is 0.369. The van der Waals surface area contributed by atoms with E-state index in [4.69, 9.17) is 4.74 Å². The van der Waals surface area contributed by atoms with Crippen molar-refractivity contribution >= 4 is 21.8 Å². The van der Waals surface area contributed by atoms with Crippen LogP contribution in [0, 0.1) is 5.82 Å². The van der Waals surface area contributed by atoms with Crippen LogP contribution in [0.25, 0.3) is 11.1 Å².